The lowest BCUT2D eigenvalue weighted by molar-refractivity contribution is -0.388. The minimum Gasteiger partial charge on any atom is -0.258 e. The van der Waals surface area contributed by atoms with Gasteiger partial charge < -0.3 is 0 Å². The minimum atomic E-state index is -4.50. The molecule has 0 bridgehead atoms. The predicted molar refractivity (Wildman–Crippen MR) is 183 cm³/mol. The second kappa shape index (κ2) is 15.2. The Morgan fingerprint density at radius 1 is 0.520 bits per heavy atom. The van der Waals surface area contributed by atoms with Crippen molar-refractivity contribution in [3.8, 4) is 6.07 Å². The number of rotatable bonds is 14. The molecule has 5 aromatic rings. The highest BCUT2D eigenvalue weighted by Crippen LogP contribution is 2.31. The molecule has 0 aliphatic heterocycles. The van der Waals surface area contributed by atoms with Gasteiger partial charge in [0.15, 0.2) is 9.79 Å². The summed E-state index contributed by atoms with van der Waals surface area (Å²) in [6.45, 7) is -1.01. The van der Waals surface area contributed by atoms with E-state index >= 15 is 0 Å². The monoisotopic (exact) mass is 711 g/mol. The van der Waals surface area contributed by atoms with E-state index in [2.05, 4.69) is 0 Å². The van der Waals surface area contributed by atoms with Gasteiger partial charge in [0.05, 0.1) is 21.5 Å². The number of nitriles is 1. The molecule has 0 N–H and O–H groups in total. The second-order valence-electron chi connectivity index (χ2n) is 11.1. The first kappa shape index (κ1) is 35.5. The zero-order valence-corrected chi connectivity index (χ0v) is 27.9. The van der Waals surface area contributed by atoms with Crippen molar-refractivity contribution in [2.45, 2.75) is 36.0 Å². The summed E-state index contributed by atoms with van der Waals surface area (Å²) in [5.41, 5.74) is 0.692. The Bertz CT molecular complexity index is 2140. The summed E-state index contributed by atoms with van der Waals surface area (Å²) in [5, 5.41) is 33.5. The van der Waals surface area contributed by atoms with Crippen LogP contribution in [0.5, 0.6) is 0 Å². The van der Waals surface area contributed by atoms with Crippen LogP contribution in [0.2, 0.25) is 0 Å². The van der Waals surface area contributed by atoms with Crippen molar-refractivity contribution < 1.29 is 26.7 Å². The summed E-state index contributed by atoms with van der Waals surface area (Å²) >= 11 is 0. The van der Waals surface area contributed by atoms with E-state index in [4.69, 9.17) is 0 Å². The van der Waals surface area contributed by atoms with Gasteiger partial charge in [-0.2, -0.15) is 13.9 Å². The maximum absolute atomic E-state index is 14.1. The Labute approximate surface area is 288 Å². The average molecular weight is 712 g/mol. The molecule has 5 aromatic carbocycles. The fourth-order valence-corrected chi connectivity index (χ4v) is 8.52. The first-order valence-electron chi connectivity index (χ1n) is 15.0. The summed E-state index contributed by atoms with van der Waals surface area (Å²) in [7, 11) is -9.01. The quantitative estimate of drug-likeness (QED) is 0.0961. The summed E-state index contributed by atoms with van der Waals surface area (Å²) in [6.07, 6.45) is 0. The third-order valence-corrected chi connectivity index (χ3v) is 11.3. The van der Waals surface area contributed by atoms with Crippen LogP contribution in [0.15, 0.2) is 137 Å². The van der Waals surface area contributed by atoms with Gasteiger partial charge in [0.25, 0.3) is 31.4 Å². The molecule has 0 amide bonds. The highest BCUT2D eigenvalue weighted by atomic mass is 32.2. The van der Waals surface area contributed by atoms with Crippen molar-refractivity contribution in [3.05, 3.63) is 175 Å². The molecule has 0 spiro atoms. The molecule has 0 unspecified atom stereocenters. The lowest BCUT2D eigenvalue weighted by Gasteiger charge is -2.24. The molecule has 0 atom stereocenters. The van der Waals surface area contributed by atoms with Crippen molar-refractivity contribution in [2.24, 2.45) is 0 Å². The smallest absolute Gasteiger partial charge is 0.258 e. The van der Waals surface area contributed by atoms with Crippen LogP contribution < -0.4 is 0 Å². The topological polar surface area (TPSA) is 185 Å². The molecule has 0 aliphatic carbocycles. The summed E-state index contributed by atoms with van der Waals surface area (Å²) in [4.78, 5) is 21.0. The maximum Gasteiger partial charge on any atom is 0.289 e. The van der Waals surface area contributed by atoms with E-state index in [0.717, 1.165) is 32.9 Å². The van der Waals surface area contributed by atoms with Crippen LogP contribution in [0.3, 0.4) is 0 Å². The fourth-order valence-electron chi connectivity index (χ4n) is 5.37. The van der Waals surface area contributed by atoms with E-state index < -0.39 is 51.1 Å². The number of para-hydroxylation sites is 2. The van der Waals surface area contributed by atoms with E-state index in [1.54, 1.807) is 66.7 Å². The molecule has 0 saturated carbocycles. The van der Waals surface area contributed by atoms with Gasteiger partial charge >= 0.3 is 0 Å². The number of hydrogen-bond donors (Lipinski definition) is 0. The van der Waals surface area contributed by atoms with E-state index in [0.29, 0.717) is 22.3 Å². The predicted octanol–water partition coefficient (Wildman–Crippen LogP) is 6.16. The summed E-state index contributed by atoms with van der Waals surface area (Å²) < 4.78 is 58.4. The molecule has 0 fully saturated rings. The van der Waals surface area contributed by atoms with E-state index in [-0.39, 0.29) is 31.7 Å². The second-order valence-corrected chi connectivity index (χ2v) is 14.9. The van der Waals surface area contributed by atoms with Crippen LogP contribution in [-0.4, -0.2) is 35.3 Å². The number of sulfonamides is 2. The van der Waals surface area contributed by atoms with Gasteiger partial charge in [0.2, 0.25) is 0 Å². The Hall–Kier alpha value is -5.79. The first-order valence-corrected chi connectivity index (χ1v) is 17.9. The van der Waals surface area contributed by atoms with Gasteiger partial charge in [-0.25, -0.2) is 16.8 Å². The van der Waals surface area contributed by atoms with Crippen LogP contribution in [0.25, 0.3) is 0 Å². The summed E-state index contributed by atoms with van der Waals surface area (Å²) in [5.74, 6) is 0. The van der Waals surface area contributed by atoms with Gasteiger partial charge in [0.1, 0.15) is 0 Å². The van der Waals surface area contributed by atoms with Gasteiger partial charge in [-0.05, 0) is 46.5 Å². The first-order chi connectivity index (χ1) is 23.9. The van der Waals surface area contributed by atoms with Crippen molar-refractivity contribution in [2.75, 3.05) is 0 Å². The molecule has 15 heteroatoms. The highest BCUT2D eigenvalue weighted by molar-refractivity contribution is 7.89. The number of benzene rings is 5. The molecule has 0 saturated heterocycles. The zero-order valence-electron chi connectivity index (χ0n) is 26.3. The van der Waals surface area contributed by atoms with Crippen molar-refractivity contribution in [3.63, 3.8) is 0 Å². The van der Waals surface area contributed by atoms with Gasteiger partial charge in [0, 0.05) is 38.3 Å². The lowest BCUT2D eigenvalue weighted by atomic mass is 10.1. The van der Waals surface area contributed by atoms with Crippen LogP contribution in [-0.2, 0) is 46.2 Å². The van der Waals surface area contributed by atoms with Gasteiger partial charge in [-0.1, -0.05) is 91.0 Å². The molecule has 50 heavy (non-hydrogen) atoms. The maximum atomic E-state index is 14.1. The Morgan fingerprint density at radius 3 is 1.22 bits per heavy atom. The SMILES string of the molecule is N#Cc1cc(CN(Cc2ccccc2)S(=O)(=O)c2ccccc2[N+](=O)[O-])cc(CN(Cc2ccccc2)S(=O)(=O)c2ccccc2[N+](=O)[O-])c1. The van der Waals surface area contributed by atoms with Crippen LogP contribution in [0.1, 0.15) is 27.8 Å². The van der Waals surface area contributed by atoms with E-state index in [1.165, 1.54) is 36.4 Å². The van der Waals surface area contributed by atoms with Crippen LogP contribution in [0, 0.1) is 31.6 Å². The number of hydrogen-bond acceptors (Lipinski definition) is 9. The Morgan fingerprint density at radius 2 is 0.860 bits per heavy atom. The molecular formula is C35H29N5O8S2. The Kier molecular flexibility index (Phi) is 10.8. The molecular weight excluding hydrogens is 683 g/mol. The van der Waals surface area contributed by atoms with E-state index in [1.807, 2.05) is 6.07 Å². The minimum absolute atomic E-state index is 0.100. The van der Waals surface area contributed by atoms with Crippen molar-refractivity contribution in [1.29, 1.82) is 5.26 Å². The molecule has 0 heterocycles. The largest absolute Gasteiger partial charge is 0.289 e. The molecule has 5 rings (SSSR count). The molecule has 0 aromatic heterocycles. The van der Waals surface area contributed by atoms with Crippen molar-refractivity contribution >= 4 is 31.4 Å². The zero-order chi connectivity index (χ0) is 35.9. The molecule has 0 aliphatic rings. The number of nitro groups is 2. The number of nitro benzene ring substituents is 2. The third-order valence-electron chi connectivity index (χ3n) is 7.66. The molecule has 13 nitrogen and oxygen atoms in total. The van der Waals surface area contributed by atoms with E-state index in [9.17, 15) is 42.3 Å². The normalized spacial score (nSPS) is 11.7. The Balaban J connectivity index is 1.58. The lowest BCUT2D eigenvalue weighted by Crippen LogP contribution is -2.32. The van der Waals surface area contributed by atoms with Gasteiger partial charge in [-0.15, -0.1) is 0 Å². The third kappa shape index (κ3) is 8.08. The number of nitrogens with zero attached hydrogens (tertiary/aromatic N) is 5. The van der Waals surface area contributed by atoms with Crippen LogP contribution >= 0.6 is 0 Å². The summed E-state index contributed by atoms with van der Waals surface area (Å²) in [6, 6.07) is 33.7. The molecule has 0 radical (unpaired) electrons. The van der Waals surface area contributed by atoms with Crippen LogP contribution in [0.4, 0.5) is 11.4 Å². The average Bonchev–Trinajstić information content (AvgIpc) is 3.11. The standard InChI is InChI=1S/C35H29N5O8S2/c36-22-29-19-30(25-37(23-27-11-3-1-4-12-27)49(45,46)34-17-9-7-15-32(34)39(41)42)21-31(20-29)26-38(24-28-13-5-2-6-14-28)50(47,48)35-18-10-8-16-33(35)40(43)44/h1-21H,23-26H2. The highest BCUT2D eigenvalue weighted by Gasteiger charge is 2.33. The fraction of sp³-hybridized carbons (Fsp3) is 0.114. The molecule has 254 valence electrons. The van der Waals surface area contributed by atoms with Crippen molar-refractivity contribution in [1.82, 2.24) is 8.61 Å². The van der Waals surface area contributed by atoms with Gasteiger partial charge in [-0.3, -0.25) is 20.2 Å².